The van der Waals surface area contributed by atoms with Crippen LogP contribution < -0.4 is 15.4 Å². The van der Waals surface area contributed by atoms with E-state index in [4.69, 9.17) is 4.74 Å². The Hall–Kier alpha value is -4.27. The van der Waals surface area contributed by atoms with E-state index in [9.17, 15) is 4.79 Å². The van der Waals surface area contributed by atoms with E-state index in [1.807, 2.05) is 30.3 Å². The molecule has 4 aromatic rings. The van der Waals surface area contributed by atoms with Crippen molar-refractivity contribution in [1.29, 1.82) is 0 Å². The van der Waals surface area contributed by atoms with Gasteiger partial charge in [-0.05, 0) is 36.4 Å². The van der Waals surface area contributed by atoms with Gasteiger partial charge in [-0.3, -0.25) is 14.8 Å². The zero-order valence-electron chi connectivity index (χ0n) is 16.9. The number of carbonyl (C=O) groups is 1. The summed E-state index contributed by atoms with van der Waals surface area (Å²) in [4.78, 5) is 23.8. The lowest BCUT2D eigenvalue weighted by Crippen LogP contribution is -2.23. The van der Waals surface area contributed by atoms with Crippen LogP contribution in [0.1, 0.15) is 21.7 Å². The van der Waals surface area contributed by atoms with Crippen LogP contribution in [-0.4, -0.2) is 38.2 Å². The summed E-state index contributed by atoms with van der Waals surface area (Å²) in [7, 11) is 1.58. The van der Waals surface area contributed by atoms with Gasteiger partial charge in [0.25, 0.3) is 5.91 Å². The van der Waals surface area contributed by atoms with Crippen LogP contribution in [0.15, 0.2) is 67.3 Å². The van der Waals surface area contributed by atoms with E-state index in [1.54, 1.807) is 44.0 Å². The molecule has 4 rings (SSSR count). The summed E-state index contributed by atoms with van der Waals surface area (Å²) in [5.41, 5.74) is 3.12. The van der Waals surface area contributed by atoms with Crippen LogP contribution in [0, 0.1) is 0 Å². The largest absolute Gasteiger partial charge is 0.495 e. The first kappa shape index (κ1) is 20.0. The Morgan fingerprint density at radius 2 is 1.87 bits per heavy atom. The van der Waals surface area contributed by atoms with Gasteiger partial charge in [0.1, 0.15) is 11.6 Å². The molecule has 9 nitrogen and oxygen atoms in total. The van der Waals surface area contributed by atoms with Crippen LogP contribution in [0.3, 0.4) is 0 Å². The Morgan fingerprint density at radius 1 is 1.03 bits per heavy atom. The number of benzene rings is 1. The minimum absolute atomic E-state index is 0.179. The molecular weight excluding hydrogens is 394 g/mol. The van der Waals surface area contributed by atoms with Crippen LogP contribution in [-0.2, 0) is 13.1 Å². The molecule has 31 heavy (non-hydrogen) atoms. The highest BCUT2D eigenvalue weighted by Gasteiger charge is 2.09. The number of rotatable bonds is 8. The summed E-state index contributed by atoms with van der Waals surface area (Å²) >= 11 is 0. The van der Waals surface area contributed by atoms with Gasteiger partial charge in [0.15, 0.2) is 5.82 Å². The number of anilines is 1. The maximum absolute atomic E-state index is 12.6. The molecule has 3 aromatic heterocycles. The number of amides is 1. The van der Waals surface area contributed by atoms with E-state index in [0.717, 1.165) is 16.8 Å². The fourth-order valence-corrected chi connectivity index (χ4v) is 2.99. The summed E-state index contributed by atoms with van der Waals surface area (Å²) in [6, 6.07) is 12.8. The number of nitrogens with one attached hydrogen (secondary N) is 3. The first-order chi connectivity index (χ1) is 15.2. The minimum Gasteiger partial charge on any atom is -0.495 e. The smallest absolute Gasteiger partial charge is 0.251 e. The van der Waals surface area contributed by atoms with Gasteiger partial charge in [0.2, 0.25) is 0 Å². The molecule has 3 N–H and O–H groups in total. The zero-order valence-corrected chi connectivity index (χ0v) is 16.9. The fourth-order valence-electron chi connectivity index (χ4n) is 2.99. The second kappa shape index (κ2) is 9.49. The highest BCUT2D eigenvalue weighted by atomic mass is 16.5. The molecule has 9 heteroatoms. The third-order valence-corrected chi connectivity index (χ3v) is 4.60. The topological polar surface area (TPSA) is 118 Å². The minimum atomic E-state index is -0.179. The Balaban J connectivity index is 1.36. The van der Waals surface area contributed by atoms with Gasteiger partial charge in [-0.25, -0.2) is 0 Å². The third-order valence-electron chi connectivity index (χ3n) is 4.60. The molecule has 1 amide bonds. The maximum atomic E-state index is 12.6. The number of H-pyrrole nitrogens is 1. The third kappa shape index (κ3) is 5.02. The Morgan fingerprint density at radius 3 is 2.71 bits per heavy atom. The summed E-state index contributed by atoms with van der Waals surface area (Å²) in [6.45, 7) is 0.787. The molecule has 0 spiro atoms. The first-order valence-corrected chi connectivity index (χ1v) is 9.64. The van der Waals surface area contributed by atoms with Crippen molar-refractivity contribution in [2.45, 2.75) is 13.1 Å². The number of pyridine rings is 2. The normalized spacial score (nSPS) is 10.5. The van der Waals surface area contributed by atoms with Gasteiger partial charge >= 0.3 is 0 Å². The average Bonchev–Trinajstić information content (AvgIpc) is 3.31. The van der Waals surface area contributed by atoms with Crippen LogP contribution in [0.4, 0.5) is 5.69 Å². The molecule has 0 atom stereocenters. The molecule has 0 unspecified atom stereocenters. The number of hydrogen-bond acceptors (Lipinski definition) is 7. The van der Waals surface area contributed by atoms with Gasteiger partial charge in [0.05, 0.1) is 19.9 Å². The molecular formula is C22H21N7O2. The van der Waals surface area contributed by atoms with Crippen molar-refractivity contribution in [3.8, 4) is 17.1 Å². The summed E-state index contributed by atoms with van der Waals surface area (Å²) in [5.74, 6) is 1.82. The first-order valence-electron chi connectivity index (χ1n) is 9.64. The van der Waals surface area contributed by atoms with Crippen molar-refractivity contribution in [2.75, 3.05) is 12.4 Å². The highest BCUT2D eigenvalue weighted by molar-refractivity contribution is 5.95. The number of aromatic nitrogens is 5. The molecule has 0 aliphatic carbocycles. The van der Waals surface area contributed by atoms with E-state index in [1.165, 1.54) is 0 Å². The molecule has 0 aliphatic heterocycles. The summed E-state index contributed by atoms with van der Waals surface area (Å²) in [6.07, 6.45) is 6.70. The lowest BCUT2D eigenvalue weighted by atomic mass is 10.1. The highest BCUT2D eigenvalue weighted by Crippen LogP contribution is 2.17. The summed E-state index contributed by atoms with van der Waals surface area (Å²) < 4.78 is 5.27. The van der Waals surface area contributed by atoms with Crippen molar-refractivity contribution in [3.63, 3.8) is 0 Å². The fraction of sp³-hybridized carbons (Fsp3) is 0.136. The van der Waals surface area contributed by atoms with Crippen molar-refractivity contribution in [3.05, 3.63) is 84.2 Å². The number of methoxy groups -OCH3 is 1. The molecule has 0 fully saturated rings. The molecule has 0 bridgehead atoms. The average molecular weight is 415 g/mol. The molecule has 1 aromatic carbocycles. The lowest BCUT2D eigenvalue weighted by molar-refractivity contribution is 0.0950. The van der Waals surface area contributed by atoms with Crippen molar-refractivity contribution in [1.82, 2.24) is 30.5 Å². The van der Waals surface area contributed by atoms with Gasteiger partial charge in [-0.1, -0.05) is 6.07 Å². The molecule has 0 saturated carbocycles. The van der Waals surface area contributed by atoms with Crippen LogP contribution in [0.2, 0.25) is 0 Å². The maximum Gasteiger partial charge on any atom is 0.251 e. The van der Waals surface area contributed by atoms with Gasteiger partial charge in [-0.15, -0.1) is 10.2 Å². The van der Waals surface area contributed by atoms with Gasteiger partial charge in [-0.2, -0.15) is 0 Å². The zero-order chi connectivity index (χ0) is 21.5. The van der Waals surface area contributed by atoms with E-state index in [-0.39, 0.29) is 5.91 Å². The number of ether oxygens (including phenoxy) is 1. The lowest BCUT2D eigenvalue weighted by Gasteiger charge is -2.10. The number of nitrogens with zero attached hydrogens (tertiary/aromatic N) is 4. The number of hydrogen-bond donors (Lipinski definition) is 3. The van der Waals surface area contributed by atoms with Crippen LogP contribution in [0.25, 0.3) is 11.4 Å². The van der Waals surface area contributed by atoms with Gasteiger partial charge < -0.3 is 20.4 Å². The standard InChI is InChI=1S/C22H21N7O2/c1-31-19-13-24-10-7-17(19)12-26-22(30)16-3-2-4-18(11-16)25-14-20-27-21(29-28-20)15-5-8-23-9-6-15/h2-11,13,25H,12,14H2,1H3,(H,26,30)(H,27,28,29). The van der Waals surface area contributed by atoms with Gasteiger partial charge in [0, 0.05) is 47.5 Å². The van der Waals surface area contributed by atoms with Crippen molar-refractivity contribution >= 4 is 11.6 Å². The predicted octanol–water partition coefficient (Wildman–Crippen LogP) is 2.81. The predicted molar refractivity (Wildman–Crippen MR) is 115 cm³/mol. The van der Waals surface area contributed by atoms with E-state index in [0.29, 0.717) is 36.1 Å². The number of carbonyl (C=O) groups excluding carboxylic acids is 1. The second-order valence-corrected chi connectivity index (χ2v) is 6.66. The van der Waals surface area contributed by atoms with Crippen molar-refractivity contribution in [2.24, 2.45) is 0 Å². The quantitative estimate of drug-likeness (QED) is 0.405. The second-order valence-electron chi connectivity index (χ2n) is 6.66. The molecule has 0 saturated heterocycles. The Labute approximate surface area is 178 Å². The van der Waals surface area contributed by atoms with E-state index < -0.39 is 0 Å². The molecule has 3 heterocycles. The Kier molecular flexibility index (Phi) is 6.13. The van der Waals surface area contributed by atoms with E-state index >= 15 is 0 Å². The monoisotopic (exact) mass is 415 g/mol. The molecule has 0 radical (unpaired) electrons. The number of aromatic amines is 1. The SMILES string of the molecule is COc1cnccc1CNC(=O)c1cccc(NCc2nnc(-c3ccncc3)[nH]2)c1. The van der Waals surface area contributed by atoms with Crippen LogP contribution in [0.5, 0.6) is 5.75 Å². The Bertz CT molecular complexity index is 1160. The van der Waals surface area contributed by atoms with Crippen LogP contribution >= 0.6 is 0 Å². The molecule has 0 aliphatic rings. The summed E-state index contributed by atoms with van der Waals surface area (Å²) in [5, 5.41) is 14.5. The van der Waals surface area contributed by atoms with Crippen molar-refractivity contribution < 1.29 is 9.53 Å². The molecule has 156 valence electrons. The van der Waals surface area contributed by atoms with E-state index in [2.05, 4.69) is 35.8 Å².